The number of aliphatic carboxylic acids is 1. The van der Waals surface area contributed by atoms with Crippen LogP contribution in [0.5, 0.6) is 0 Å². The first kappa shape index (κ1) is 17.8. The number of esters is 1. The Morgan fingerprint density at radius 1 is 1.24 bits per heavy atom. The van der Waals surface area contributed by atoms with Crippen LogP contribution < -0.4 is 5.73 Å². The van der Waals surface area contributed by atoms with Crippen molar-refractivity contribution in [3.05, 3.63) is 35.4 Å². The van der Waals surface area contributed by atoms with E-state index in [2.05, 4.69) is 0 Å². The predicted octanol–water partition coefficient (Wildman–Crippen LogP) is 2.37. The Morgan fingerprint density at radius 3 is 2.28 bits per heavy atom. The van der Waals surface area contributed by atoms with E-state index in [1.807, 2.05) is 0 Å². The van der Waals surface area contributed by atoms with Crippen molar-refractivity contribution in [2.45, 2.75) is 50.2 Å². The molecular formula is C18H21F2NO4. The average molecular weight is 353 g/mol. The highest BCUT2D eigenvalue weighted by Gasteiger charge is 2.75. The molecule has 2 saturated carbocycles. The number of fused-ring (bicyclic) bond motifs is 1. The molecule has 0 spiro atoms. The van der Waals surface area contributed by atoms with Gasteiger partial charge in [0.15, 0.2) is 0 Å². The molecule has 2 aliphatic rings. The molecule has 25 heavy (non-hydrogen) atoms. The van der Waals surface area contributed by atoms with Crippen molar-refractivity contribution in [3.63, 3.8) is 0 Å². The van der Waals surface area contributed by atoms with Crippen LogP contribution in [0.3, 0.4) is 0 Å². The predicted molar refractivity (Wildman–Crippen MR) is 84.6 cm³/mol. The Hall–Kier alpha value is -2.02. The number of carboxylic acids is 1. The summed E-state index contributed by atoms with van der Waals surface area (Å²) in [7, 11) is 0. The van der Waals surface area contributed by atoms with Crippen molar-refractivity contribution in [3.8, 4) is 0 Å². The topological polar surface area (TPSA) is 89.6 Å². The molecule has 0 saturated heterocycles. The van der Waals surface area contributed by atoms with Crippen LogP contribution in [0.1, 0.15) is 39.2 Å². The van der Waals surface area contributed by atoms with Gasteiger partial charge in [-0.15, -0.1) is 0 Å². The number of benzene rings is 1. The number of rotatable bonds is 3. The highest BCUT2D eigenvalue weighted by Crippen LogP contribution is 2.69. The van der Waals surface area contributed by atoms with E-state index in [9.17, 15) is 23.5 Å². The maximum absolute atomic E-state index is 13.6. The number of halogens is 2. The number of carboxylic acid groups (broad SMARTS) is 1. The van der Waals surface area contributed by atoms with Gasteiger partial charge in [-0.25, -0.2) is 8.78 Å². The number of carbonyl (C=O) groups is 2. The molecule has 4 atom stereocenters. The lowest BCUT2D eigenvalue weighted by molar-refractivity contribution is -0.168. The molecule has 0 bridgehead atoms. The van der Waals surface area contributed by atoms with Gasteiger partial charge in [-0.05, 0) is 57.2 Å². The summed E-state index contributed by atoms with van der Waals surface area (Å²) in [6.45, 7) is 4.99. The fourth-order valence-electron chi connectivity index (χ4n) is 4.20. The smallest absolute Gasteiger partial charge is 0.327 e. The molecule has 0 heterocycles. The van der Waals surface area contributed by atoms with Crippen LogP contribution in [0.2, 0.25) is 0 Å². The maximum Gasteiger partial charge on any atom is 0.327 e. The normalized spacial score (nSPS) is 33.7. The molecule has 0 aromatic heterocycles. The first-order valence-electron chi connectivity index (χ1n) is 8.11. The van der Waals surface area contributed by atoms with Gasteiger partial charge >= 0.3 is 11.9 Å². The van der Waals surface area contributed by atoms with Crippen LogP contribution >= 0.6 is 0 Å². The van der Waals surface area contributed by atoms with E-state index in [-0.39, 0.29) is 6.42 Å². The van der Waals surface area contributed by atoms with Crippen LogP contribution in [0, 0.1) is 23.5 Å². The molecule has 1 aromatic rings. The van der Waals surface area contributed by atoms with E-state index in [0.717, 1.165) is 6.07 Å². The van der Waals surface area contributed by atoms with Gasteiger partial charge in [0.1, 0.15) is 22.8 Å². The third kappa shape index (κ3) is 2.80. The minimum Gasteiger partial charge on any atom is -0.481 e. The molecule has 0 radical (unpaired) electrons. The second-order valence-corrected chi connectivity index (χ2v) is 8.16. The second-order valence-electron chi connectivity index (χ2n) is 8.16. The number of carbonyl (C=O) groups excluding carboxylic acids is 1. The molecule has 1 aromatic carbocycles. The molecule has 0 aliphatic heterocycles. The van der Waals surface area contributed by atoms with E-state index >= 15 is 0 Å². The van der Waals surface area contributed by atoms with Gasteiger partial charge in [0.2, 0.25) is 0 Å². The molecule has 3 rings (SSSR count). The van der Waals surface area contributed by atoms with E-state index < -0.39 is 52.0 Å². The summed E-state index contributed by atoms with van der Waals surface area (Å²) in [5.41, 5.74) is 3.21. The number of hydrogen-bond donors (Lipinski definition) is 2. The first-order chi connectivity index (χ1) is 11.4. The monoisotopic (exact) mass is 353 g/mol. The molecule has 136 valence electrons. The summed E-state index contributed by atoms with van der Waals surface area (Å²) >= 11 is 0. The Labute approximate surface area is 144 Å². The SMILES string of the molecule is CC(C)(C)OC(=O)C1(N)CC2(c3cc(F)cc(F)c3)CC2C1C(=O)O. The van der Waals surface area contributed by atoms with E-state index in [1.165, 1.54) is 12.1 Å². The van der Waals surface area contributed by atoms with E-state index in [4.69, 9.17) is 10.5 Å². The van der Waals surface area contributed by atoms with Crippen molar-refractivity contribution in [1.29, 1.82) is 0 Å². The Bertz CT molecular complexity index is 740. The van der Waals surface area contributed by atoms with Gasteiger partial charge in [-0.1, -0.05) is 0 Å². The van der Waals surface area contributed by atoms with Crippen LogP contribution in [0.15, 0.2) is 18.2 Å². The largest absolute Gasteiger partial charge is 0.481 e. The average Bonchev–Trinajstić information content (AvgIpc) is 3.03. The summed E-state index contributed by atoms with van der Waals surface area (Å²) in [6, 6.07) is 3.12. The lowest BCUT2D eigenvalue weighted by Crippen LogP contribution is -2.57. The lowest BCUT2D eigenvalue weighted by Gasteiger charge is -2.33. The summed E-state index contributed by atoms with van der Waals surface area (Å²) in [6.07, 6.45) is 0.411. The lowest BCUT2D eigenvalue weighted by atomic mass is 9.81. The minimum atomic E-state index is -1.73. The van der Waals surface area contributed by atoms with E-state index in [0.29, 0.717) is 12.0 Å². The zero-order chi connectivity index (χ0) is 18.8. The van der Waals surface area contributed by atoms with Crippen molar-refractivity contribution >= 4 is 11.9 Å². The number of ether oxygens (including phenoxy) is 1. The minimum absolute atomic E-state index is 0.0144. The zero-order valence-electron chi connectivity index (χ0n) is 14.3. The van der Waals surface area contributed by atoms with Crippen molar-refractivity contribution in [2.75, 3.05) is 0 Å². The first-order valence-corrected chi connectivity index (χ1v) is 8.11. The van der Waals surface area contributed by atoms with Gasteiger partial charge < -0.3 is 15.6 Å². The Balaban J connectivity index is 2.00. The number of hydrogen-bond acceptors (Lipinski definition) is 4. The van der Waals surface area contributed by atoms with Crippen LogP contribution in [-0.2, 0) is 19.7 Å². The van der Waals surface area contributed by atoms with Gasteiger partial charge in [0, 0.05) is 11.5 Å². The van der Waals surface area contributed by atoms with Crippen LogP contribution in [0.25, 0.3) is 0 Å². The highest BCUT2D eigenvalue weighted by molar-refractivity contribution is 5.91. The molecule has 2 aliphatic carbocycles. The fraction of sp³-hybridized carbons (Fsp3) is 0.556. The molecule has 4 unspecified atom stereocenters. The molecular weight excluding hydrogens is 332 g/mol. The van der Waals surface area contributed by atoms with Gasteiger partial charge in [-0.2, -0.15) is 0 Å². The maximum atomic E-state index is 13.6. The van der Waals surface area contributed by atoms with Crippen molar-refractivity contribution < 1.29 is 28.2 Å². The summed E-state index contributed by atoms with van der Waals surface area (Å²) in [5.74, 6) is -5.09. The third-order valence-corrected chi connectivity index (χ3v) is 5.18. The van der Waals surface area contributed by atoms with Crippen LogP contribution in [-0.4, -0.2) is 28.2 Å². The van der Waals surface area contributed by atoms with E-state index in [1.54, 1.807) is 20.8 Å². The molecule has 2 fully saturated rings. The fourth-order valence-corrected chi connectivity index (χ4v) is 4.20. The Morgan fingerprint density at radius 2 is 1.80 bits per heavy atom. The summed E-state index contributed by atoms with van der Waals surface area (Å²) in [4.78, 5) is 24.4. The summed E-state index contributed by atoms with van der Waals surface area (Å²) in [5, 5.41) is 9.63. The quantitative estimate of drug-likeness (QED) is 0.815. The van der Waals surface area contributed by atoms with Crippen molar-refractivity contribution in [2.24, 2.45) is 17.6 Å². The van der Waals surface area contributed by atoms with Gasteiger partial charge in [-0.3, -0.25) is 9.59 Å². The Kier molecular flexibility index (Phi) is 3.73. The summed E-state index contributed by atoms with van der Waals surface area (Å²) < 4.78 is 32.6. The third-order valence-electron chi connectivity index (χ3n) is 5.18. The van der Waals surface area contributed by atoms with Gasteiger partial charge in [0.05, 0.1) is 5.92 Å². The zero-order valence-corrected chi connectivity index (χ0v) is 14.3. The molecule has 3 N–H and O–H groups in total. The van der Waals surface area contributed by atoms with Crippen LogP contribution in [0.4, 0.5) is 8.78 Å². The molecule has 7 heteroatoms. The van der Waals surface area contributed by atoms with Gasteiger partial charge in [0.25, 0.3) is 0 Å². The number of nitrogens with two attached hydrogens (primary N) is 1. The standard InChI is InChI=1S/C18H21F2NO4/c1-16(2,3)25-15(24)18(21)8-17(7-12(17)13(18)14(22)23)9-4-10(19)6-11(20)5-9/h4-6,12-13H,7-8,21H2,1-3H3,(H,22,23). The second kappa shape index (κ2) is 5.24. The molecule has 5 nitrogen and oxygen atoms in total. The highest BCUT2D eigenvalue weighted by atomic mass is 19.1. The molecule has 0 amide bonds. The van der Waals surface area contributed by atoms with Crippen molar-refractivity contribution in [1.82, 2.24) is 0 Å².